The van der Waals surface area contributed by atoms with Gasteiger partial charge in [-0.15, -0.1) is 0 Å². The Morgan fingerprint density at radius 2 is 1.95 bits per heavy atom. The van der Waals surface area contributed by atoms with Gasteiger partial charge in [-0.25, -0.2) is 14.2 Å². The van der Waals surface area contributed by atoms with Crippen molar-refractivity contribution in [2.75, 3.05) is 18.2 Å². The second-order valence-electron chi connectivity index (χ2n) is 5.40. The quantitative estimate of drug-likeness (QED) is 0.815. The highest BCUT2D eigenvalue weighted by Crippen LogP contribution is 2.32. The van der Waals surface area contributed by atoms with Crippen LogP contribution in [-0.2, 0) is 17.5 Å². The second kappa shape index (κ2) is 7.70. The van der Waals surface area contributed by atoms with Crippen LogP contribution in [0.3, 0.4) is 0 Å². The van der Waals surface area contributed by atoms with Crippen molar-refractivity contribution in [3.8, 4) is 5.75 Å². The first-order chi connectivity index (χ1) is 10.1. The molecule has 1 saturated carbocycles. The Bertz CT molecular complexity index is 500. The Balaban J connectivity index is 0.000000361. The minimum Gasteiger partial charge on any atom is -0.487 e. The number of aromatic nitrogens is 2. The molecule has 118 valence electrons. The Kier molecular flexibility index (Phi) is 5.93. The van der Waals surface area contributed by atoms with Crippen LogP contribution in [-0.4, -0.2) is 37.6 Å². The van der Waals surface area contributed by atoms with Crippen LogP contribution in [0.15, 0.2) is 0 Å². The molecule has 1 aliphatic heterocycles. The van der Waals surface area contributed by atoms with E-state index in [1.54, 1.807) is 0 Å². The van der Waals surface area contributed by atoms with Crippen LogP contribution in [0.2, 0.25) is 0 Å². The third kappa shape index (κ3) is 4.93. The van der Waals surface area contributed by atoms with E-state index in [2.05, 4.69) is 15.3 Å². The van der Waals surface area contributed by atoms with Crippen molar-refractivity contribution in [2.24, 2.45) is 0 Å². The van der Waals surface area contributed by atoms with E-state index in [1.807, 2.05) is 6.92 Å². The summed E-state index contributed by atoms with van der Waals surface area (Å²) in [5.74, 6) is 2.64. The predicted molar refractivity (Wildman–Crippen MR) is 83.2 cm³/mol. The van der Waals surface area contributed by atoms with E-state index >= 15 is 0 Å². The SMILES string of the molecule is CS(=O)O.Cc1nc2c(c(NC3CCCCC3)n1)OCC2. The highest BCUT2D eigenvalue weighted by molar-refractivity contribution is 7.78. The van der Waals surface area contributed by atoms with Crippen molar-refractivity contribution in [3.63, 3.8) is 0 Å². The molecule has 1 aromatic rings. The maximum Gasteiger partial charge on any atom is 0.183 e. The van der Waals surface area contributed by atoms with Gasteiger partial charge in [-0.3, -0.25) is 0 Å². The van der Waals surface area contributed by atoms with E-state index in [0.29, 0.717) is 6.04 Å². The van der Waals surface area contributed by atoms with E-state index in [9.17, 15) is 0 Å². The second-order valence-corrected chi connectivity index (χ2v) is 6.24. The van der Waals surface area contributed by atoms with Gasteiger partial charge in [0.05, 0.1) is 12.3 Å². The van der Waals surface area contributed by atoms with Crippen molar-refractivity contribution in [1.29, 1.82) is 0 Å². The number of ether oxygens (including phenoxy) is 1. The summed E-state index contributed by atoms with van der Waals surface area (Å²) in [5.41, 5.74) is 1.07. The standard InChI is InChI=1S/C13H19N3O.CH4O2S/c1-9-14-11-7-8-17-12(11)13(15-9)16-10-5-3-2-4-6-10;1-4(2)3/h10H,2-8H2,1H3,(H,14,15,16);1H3,(H,2,3). The van der Waals surface area contributed by atoms with Gasteiger partial charge in [0.1, 0.15) is 16.9 Å². The molecule has 0 bridgehead atoms. The lowest BCUT2D eigenvalue weighted by Gasteiger charge is -2.24. The normalized spacial score (nSPS) is 19.0. The third-order valence-electron chi connectivity index (χ3n) is 3.58. The Hall–Kier alpha value is -1.21. The average molecular weight is 313 g/mol. The third-order valence-corrected chi connectivity index (χ3v) is 3.58. The molecule has 1 aromatic heterocycles. The first-order valence-electron chi connectivity index (χ1n) is 7.35. The van der Waals surface area contributed by atoms with Crippen molar-refractivity contribution in [1.82, 2.24) is 9.97 Å². The Labute approximate surface area is 128 Å². The highest BCUT2D eigenvalue weighted by Gasteiger charge is 2.22. The first-order valence-corrected chi connectivity index (χ1v) is 8.87. The number of aryl methyl sites for hydroxylation is 1. The molecule has 2 aliphatic rings. The van der Waals surface area contributed by atoms with Gasteiger partial charge in [-0.05, 0) is 19.8 Å². The first kappa shape index (κ1) is 16.2. The molecule has 3 rings (SSSR count). The molecule has 0 saturated heterocycles. The van der Waals surface area contributed by atoms with Crippen molar-refractivity contribution >= 4 is 16.9 Å². The molecule has 2 heterocycles. The zero-order valence-corrected chi connectivity index (χ0v) is 13.4. The minimum atomic E-state index is -1.61. The van der Waals surface area contributed by atoms with Crippen LogP contribution in [0, 0.1) is 6.92 Å². The molecular formula is C14H23N3O3S. The van der Waals surface area contributed by atoms with Gasteiger partial charge in [0, 0.05) is 18.7 Å². The number of hydrogen-bond donors (Lipinski definition) is 2. The number of nitrogens with one attached hydrogen (secondary N) is 1. The lowest BCUT2D eigenvalue weighted by Crippen LogP contribution is -2.23. The molecule has 0 radical (unpaired) electrons. The minimum absolute atomic E-state index is 0.561. The van der Waals surface area contributed by atoms with E-state index < -0.39 is 11.1 Å². The van der Waals surface area contributed by atoms with Crippen LogP contribution in [0.1, 0.15) is 43.6 Å². The van der Waals surface area contributed by atoms with Gasteiger partial charge in [0.15, 0.2) is 11.6 Å². The van der Waals surface area contributed by atoms with E-state index in [1.165, 1.54) is 38.4 Å². The topological polar surface area (TPSA) is 84.3 Å². The largest absolute Gasteiger partial charge is 0.487 e. The molecular weight excluding hydrogens is 290 g/mol. The van der Waals surface area contributed by atoms with E-state index in [-0.39, 0.29) is 0 Å². The van der Waals surface area contributed by atoms with Crippen LogP contribution in [0.4, 0.5) is 5.82 Å². The maximum atomic E-state index is 9.11. The lowest BCUT2D eigenvalue weighted by atomic mass is 9.95. The molecule has 1 unspecified atom stereocenters. The van der Waals surface area contributed by atoms with Gasteiger partial charge in [-0.2, -0.15) is 0 Å². The lowest BCUT2D eigenvalue weighted by molar-refractivity contribution is 0.356. The zero-order chi connectivity index (χ0) is 15.2. The summed E-state index contributed by atoms with van der Waals surface area (Å²) in [6.45, 7) is 2.69. The number of rotatable bonds is 2. The summed E-state index contributed by atoms with van der Waals surface area (Å²) in [7, 11) is 0. The molecule has 21 heavy (non-hydrogen) atoms. The smallest absolute Gasteiger partial charge is 0.183 e. The number of nitrogens with zero attached hydrogens (tertiary/aromatic N) is 2. The van der Waals surface area contributed by atoms with Crippen molar-refractivity contribution in [3.05, 3.63) is 11.5 Å². The fourth-order valence-corrected chi connectivity index (χ4v) is 2.73. The monoisotopic (exact) mass is 313 g/mol. The summed E-state index contributed by atoms with van der Waals surface area (Å²) < 4.78 is 22.3. The summed E-state index contributed by atoms with van der Waals surface area (Å²) in [4.78, 5) is 8.92. The van der Waals surface area contributed by atoms with Crippen LogP contribution in [0.25, 0.3) is 0 Å². The number of hydrogen-bond acceptors (Lipinski definition) is 5. The van der Waals surface area contributed by atoms with Crippen LogP contribution < -0.4 is 10.1 Å². The predicted octanol–water partition coefficient (Wildman–Crippen LogP) is 2.30. The number of anilines is 1. The molecule has 2 N–H and O–H groups in total. The summed E-state index contributed by atoms with van der Waals surface area (Å²) in [6, 6.07) is 0.561. The molecule has 1 fully saturated rings. The molecule has 6 nitrogen and oxygen atoms in total. The van der Waals surface area contributed by atoms with Gasteiger partial charge in [0.2, 0.25) is 0 Å². The zero-order valence-electron chi connectivity index (χ0n) is 12.6. The van der Waals surface area contributed by atoms with Gasteiger partial charge < -0.3 is 14.6 Å². The molecule has 0 amide bonds. The van der Waals surface area contributed by atoms with Crippen LogP contribution in [0.5, 0.6) is 5.75 Å². The average Bonchev–Trinajstić information content (AvgIpc) is 2.87. The molecule has 7 heteroatoms. The number of fused-ring (bicyclic) bond motifs is 1. The molecule has 1 atom stereocenters. The van der Waals surface area contributed by atoms with Gasteiger partial charge in [-0.1, -0.05) is 19.3 Å². The fraction of sp³-hybridized carbons (Fsp3) is 0.714. The molecule has 0 aromatic carbocycles. The van der Waals surface area contributed by atoms with E-state index in [0.717, 1.165) is 36.1 Å². The Morgan fingerprint density at radius 3 is 2.62 bits per heavy atom. The van der Waals surface area contributed by atoms with Gasteiger partial charge >= 0.3 is 0 Å². The summed E-state index contributed by atoms with van der Waals surface area (Å²) in [5, 5.41) is 3.55. The maximum absolute atomic E-state index is 9.11. The summed E-state index contributed by atoms with van der Waals surface area (Å²) in [6.07, 6.45) is 8.62. The fourth-order valence-electron chi connectivity index (χ4n) is 2.73. The van der Waals surface area contributed by atoms with Crippen molar-refractivity contribution < 1.29 is 13.5 Å². The van der Waals surface area contributed by atoms with Crippen molar-refractivity contribution in [2.45, 2.75) is 51.5 Å². The highest BCUT2D eigenvalue weighted by atomic mass is 32.2. The molecule has 0 spiro atoms. The van der Waals surface area contributed by atoms with Crippen LogP contribution >= 0.6 is 0 Å². The summed E-state index contributed by atoms with van der Waals surface area (Å²) >= 11 is -1.61. The Morgan fingerprint density at radius 1 is 1.29 bits per heavy atom. The molecule has 1 aliphatic carbocycles. The van der Waals surface area contributed by atoms with E-state index in [4.69, 9.17) is 13.5 Å². The van der Waals surface area contributed by atoms with Gasteiger partial charge in [0.25, 0.3) is 0 Å².